The Morgan fingerprint density at radius 2 is 1.72 bits per heavy atom. The van der Waals surface area contributed by atoms with Crippen LogP contribution in [0.3, 0.4) is 0 Å². The van der Waals surface area contributed by atoms with E-state index in [1.165, 1.54) is 4.90 Å². The third-order valence-electron chi connectivity index (χ3n) is 4.01. The fourth-order valence-electron chi connectivity index (χ4n) is 2.62. The number of hydrogen-bond donors (Lipinski definition) is 1. The summed E-state index contributed by atoms with van der Waals surface area (Å²) in [5.41, 5.74) is 3.39. The molecule has 3 aromatic rings. The second-order valence-electron chi connectivity index (χ2n) is 6.28. The molecule has 0 bridgehead atoms. The number of benzene rings is 2. The van der Waals surface area contributed by atoms with Crippen molar-refractivity contribution in [2.75, 3.05) is 4.90 Å². The molecule has 0 spiro atoms. The van der Waals surface area contributed by atoms with Crippen molar-refractivity contribution in [3.05, 3.63) is 71.9 Å². The molecule has 0 aliphatic rings. The highest BCUT2D eigenvalue weighted by atomic mass is 16.4. The van der Waals surface area contributed by atoms with Gasteiger partial charge in [0.25, 0.3) is 0 Å². The average molecular weight is 335 g/mol. The molecule has 25 heavy (non-hydrogen) atoms. The van der Waals surface area contributed by atoms with Crippen molar-refractivity contribution in [1.82, 2.24) is 9.78 Å². The summed E-state index contributed by atoms with van der Waals surface area (Å²) in [5, 5.41) is 14.5. The van der Waals surface area contributed by atoms with Crippen LogP contribution in [0.25, 0.3) is 5.69 Å². The number of aromatic nitrogens is 2. The molecule has 1 amide bonds. The van der Waals surface area contributed by atoms with Crippen LogP contribution in [0.5, 0.6) is 0 Å². The maximum Gasteiger partial charge on any atom is 0.417 e. The van der Waals surface area contributed by atoms with Gasteiger partial charge in [-0.25, -0.2) is 14.4 Å². The Hall–Kier alpha value is -3.08. The molecule has 5 heteroatoms. The summed E-state index contributed by atoms with van der Waals surface area (Å²) in [4.78, 5) is 13.3. The van der Waals surface area contributed by atoms with Crippen molar-refractivity contribution in [2.24, 2.45) is 0 Å². The number of carboxylic acid groups (broad SMARTS) is 1. The van der Waals surface area contributed by atoms with Crippen LogP contribution < -0.4 is 4.90 Å². The predicted molar refractivity (Wildman–Crippen MR) is 99.0 cm³/mol. The fraction of sp³-hybridized carbons (Fsp3) is 0.200. The number of para-hydroxylation sites is 1. The summed E-state index contributed by atoms with van der Waals surface area (Å²) in [6.07, 6.45) is -1.05. The Labute approximate surface area is 147 Å². The van der Waals surface area contributed by atoms with Crippen LogP contribution in [-0.2, 0) is 0 Å². The van der Waals surface area contributed by atoms with Crippen LogP contribution in [0, 0.1) is 6.92 Å². The zero-order chi connectivity index (χ0) is 18.0. The van der Waals surface area contributed by atoms with Crippen LogP contribution in [0.2, 0.25) is 0 Å². The zero-order valence-corrected chi connectivity index (χ0v) is 14.5. The molecule has 3 rings (SSSR count). The Kier molecular flexibility index (Phi) is 4.57. The largest absolute Gasteiger partial charge is 0.464 e. The Morgan fingerprint density at radius 1 is 1.08 bits per heavy atom. The molecule has 0 aliphatic heterocycles. The van der Waals surface area contributed by atoms with E-state index in [4.69, 9.17) is 0 Å². The molecule has 5 nitrogen and oxygen atoms in total. The molecule has 0 saturated carbocycles. The van der Waals surface area contributed by atoms with Gasteiger partial charge in [-0.3, -0.25) is 0 Å². The van der Waals surface area contributed by atoms with Crippen molar-refractivity contribution in [2.45, 2.75) is 26.7 Å². The second kappa shape index (κ2) is 6.81. The Morgan fingerprint density at radius 3 is 2.28 bits per heavy atom. The van der Waals surface area contributed by atoms with Gasteiger partial charge in [-0.1, -0.05) is 49.7 Å². The fourth-order valence-corrected chi connectivity index (χ4v) is 2.62. The van der Waals surface area contributed by atoms with E-state index in [1.807, 2.05) is 69.3 Å². The minimum atomic E-state index is -1.05. The standard InChI is InChI=1S/C20H21N3O2/c1-14(2)18-13-19(22(20(24)25)16-7-5-4-6-8-16)23(21-18)17-11-9-15(3)10-12-17/h4-14H,1-3H3,(H,24,25). The molecule has 0 saturated heterocycles. The number of rotatable bonds is 4. The lowest BCUT2D eigenvalue weighted by Crippen LogP contribution is -2.26. The highest BCUT2D eigenvalue weighted by molar-refractivity contribution is 5.94. The lowest BCUT2D eigenvalue weighted by Gasteiger charge is -2.20. The first-order valence-corrected chi connectivity index (χ1v) is 8.22. The monoisotopic (exact) mass is 335 g/mol. The molecule has 1 heterocycles. The van der Waals surface area contributed by atoms with E-state index in [2.05, 4.69) is 5.10 Å². The Balaban J connectivity index is 2.19. The topological polar surface area (TPSA) is 58.4 Å². The number of hydrogen-bond acceptors (Lipinski definition) is 2. The molecule has 0 radical (unpaired) electrons. The normalized spacial score (nSPS) is 10.9. The van der Waals surface area contributed by atoms with E-state index >= 15 is 0 Å². The van der Waals surface area contributed by atoms with Gasteiger partial charge in [-0.2, -0.15) is 5.10 Å². The van der Waals surface area contributed by atoms with Gasteiger partial charge >= 0.3 is 6.09 Å². The minimum absolute atomic E-state index is 0.192. The number of nitrogens with zero attached hydrogens (tertiary/aromatic N) is 3. The summed E-state index contributed by atoms with van der Waals surface area (Å²) >= 11 is 0. The maximum atomic E-state index is 12.0. The quantitative estimate of drug-likeness (QED) is 0.720. The summed E-state index contributed by atoms with van der Waals surface area (Å²) in [7, 11) is 0. The molecule has 0 aliphatic carbocycles. The maximum absolute atomic E-state index is 12.0. The number of anilines is 2. The molecule has 0 atom stereocenters. The number of carbonyl (C=O) groups is 1. The first-order chi connectivity index (χ1) is 12.0. The first kappa shape index (κ1) is 16.8. The second-order valence-corrected chi connectivity index (χ2v) is 6.28. The van der Waals surface area contributed by atoms with E-state index in [0.29, 0.717) is 11.5 Å². The third-order valence-corrected chi connectivity index (χ3v) is 4.01. The SMILES string of the molecule is Cc1ccc(-n2nc(C(C)C)cc2N(C(=O)O)c2ccccc2)cc1. The third kappa shape index (κ3) is 3.40. The zero-order valence-electron chi connectivity index (χ0n) is 14.5. The average Bonchev–Trinajstić information content (AvgIpc) is 3.01. The summed E-state index contributed by atoms with van der Waals surface area (Å²) < 4.78 is 1.69. The van der Waals surface area contributed by atoms with Gasteiger partial charge in [0.2, 0.25) is 0 Å². The molecule has 1 aromatic heterocycles. The summed E-state index contributed by atoms with van der Waals surface area (Å²) in [6, 6.07) is 18.8. The molecular formula is C20H21N3O2. The smallest absolute Gasteiger partial charge is 0.417 e. The molecule has 0 unspecified atom stereocenters. The highest BCUT2D eigenvalue weighted by Crippen LogP contribution is 2.30. The summed E-state index contributed by atoms with van der Waals surface area (Å²) in [6.45, 7) is 6.10. The van der Waals surface area contributed by atoms with Crippen molar-refractivity contribution >= 4 is 17.6 Å². The van der Waals surface area contributed by atoms with Gasteiger partial charge in [0.15, 0.2) is 0 Å². The van der Waals surface area contributed by atoms with Crippen LogP contribution in [0.1, 0.15) is 31.0 Å². The van der Waals surface area contributed by atoms with Crippen LogP contribution >= 0.6 is 0 Å². The van der Waals surface area contributed by atoms with Crippen LogP contribution in [0.4, 0.5) is 16.3 Å². The van der Waals surface area contributed by atoms with E-state index in [0.717, 1.165) is 16.9 Å². The van der Waals surface area contributed by atoms with Crippen molar-refractivity contribution in [3.8, 4) is 5.69 Å². The van der Waals surface area contributed by atoms with Gasteiger partial charge < -0.3 is 5.11 Å². The van der Waals surface area contributed by atoms with Gasteiger partial charge in [0, 0.05) is 6.07 Å². The summed E-state index contributed by atoms with van der Waals surface area (Å²) in [5.74, 6) is 0.697. The molecule has 2 aromatic carbocycles. The van der Waals surface area contributed by atoms with Gasteiger partial charge in [-0.05, 0) is 37.1 Å². The number of amides is 1. The first-order valence-electron chi connectivity index (χ1n) is 8.22. The van der Waals surface area contributed by atoms with Crippen molar-refractivity contribution < 1.29 is 9.90 Å². The van der Waals surface area contributed by atoms with Crippen LogP contribution in [-0.4, -0.2) is 21.0 Å². The lowest BCUT2D eigenvalue weighted by molar-refractivity contribution is 0.204. The predicted octanol–water partition coefficient (Wildman–Crippen LogP) is 5.12. The highest BCUT2D eigenvalue weighted by Gasteiger charge is 2.24. The molecule has 1 N–H and O–H groups in total. The minimum Gasteiger partial charge on any atom is -0.464 e. The van der Waals surface area contributed by atoms with Gasteiger partial charge in [-0.15, -0.1) is 0 Å². The van der Waals surface area contributed by atoms with Gasteiger partial charge in [0.1, 0.15) is 5.82 Å². The van der Waals surface area contributed by atoms with Crippen molar-refractivity contribution in [1.29, 1.82) is 0 Å². The van der Waals surface area contributed by atoms with E-state index in [-0.39, 0.29) is 5.92 Å². The Bertz CT molecular complexity index is 868. The molecule has 128 valence electrons. The van der Waals surface area contributed by atoms with Gasteiger partial charge in [0.05, 0.1) is 17.1 Å². The lowest BCUT2D eigenvalue weighted by atomic mass is 10.1. The van der Waals surface area contributed by atoms with E-state index in [1.54, 1.807) is 16.8 Å². The van der Waals surface area contributed by atoms with Crippen molar-refractivity contribution in [3.63, 3.8) is 0 Å². The van der Waals surface area contributed by atoms with E-state index in [9.17, 15) is 9.90 Å². The number of aryl methyl sites for hydroxylation is 1. The van der Waals surface area contributed by atoms with E-state index < -0.39 is 6.09 Å². The van der Waals surface area contributed by atoms with Crippen LogP contribution in [0.15, 0.2) is 60.7 Å². The molecular weight excluding hydrogens is 314 g/mol. The molecule has 0 fully saturated rings.